The fourth-order valence-electron chi connectivity index (χ4n) is 3.12. The number of hydrogen-bond acceptors (Lipinski definition) is 1. The molecule has 0 rings (SSSR count). The van der Waals surface area contributed by atoms with Crippen molar-refractivity contribution in [2.45, 2.75) is 84.2 Å². The van der Waals surface area contributed by atoms with Gasteiger partial charge in [-0.15, -0.1) is 0 Å². The fraction of sp³-hybridized carbons (Fsp3) is 1.00. The fourth-order valence-corrected chi connectivity index (χ4v) is 3.12. The van der Waals surface area contributed by atoms with E-state index in [0.717, 1.165) is 10.5 Å². The first-order chi connectivity index (χ1) is 8.97. The molecule has 0 aromatic carbocycles. The molecule has 2 unspecified atom stereocenters. The minimum absolute atomic E-state index is 0.667. The summed E-state index contributed by atoms with van der Waals surface area (Å²) in [6, 6.07) is 1.39. The number of likely N-dealkylation sites (N-methyl/N-ethyl adjacent to an activating group) is 1. The molecular weight excluding hydrogens is 232 g/mol. The smallest absolute Gasteiger partial charge is 0.104 e. The third-order valence-corrected chi connectivity index (χ3v) is 4.25. The normalized spacial score (nSPS) is 15.5. The second-order valence-electron chi connectivity index (χ2n) is 6.83. The van der Waals surface area contributed by atoms with Gasteiger partial charge in [0.2, 0.25) is 0 Å². The highest BCUT2D eigenvalue weighted by atomic mass is 15.3. The lowest BCUT2D eigenvalue weighted by atomic mass is 10.00. The molecule has 0 saturated heterocycles. The monoisotopic (exact) mass is 271 g/mol. The van der Waals surface area contributed by atoms with Gasteiger partial charge in [0.15, 0.2) is 0 Å². The molecule has 2 heteroatoms. The zero-order valence-electron chi connectivity index (χ0n) is 14.5. The zero-order chi connectivity index (χ0) is 14.7. The highest BCUT2D eigenvalue weighted by Gasteiger charge is 2.29. The first-order valence-corrected chi connectivity index (χ1v) is 8.51. The first-order valence-electron chi connectivity index (χ1n) is 8.51. The second-order valence-corrected chi connectivity index (χ2v) is 6.83. The van der Waals surface area contributed by atoms with Crippen LogP contribution in [0, 0.1) is 0 Å². The lowest BCUT2D eigenvalue weighted by Crippen LogP contribution is -2.55. The van der Waals surface area contributed by atoms with Gasteiger partial charge in [-0.2, -0.15) is 0 Å². The largest absolute Gasteiger partial charge is 0.327 e. The maximum atomic E-state index is 3.80. The van der Waals surface area contributed by atoms with Crippen LogP contribution in [0.4, 0.5) is 0 Å². The average Bonchev–Trinajstić information content (AvgIpc) is 2.34. The van der Waals surface area contributed by atoms with Crippen LogP contribution < -0.4 is 5.32 Å². The van der Waals surface area contributed by atoms with Gasteiger partial charge < -0.3 is 9.80 Å². The van der Waals surface area contributed by atoms with Gasteiger partial charge in [-0.05, 0) is 25.8 Å². The van der Waals surface area contributed by atoms with E-state index in [1.807, 2.05) is 0 Å². The number of hydrogen-bond donors (Lipinski definition) is 1. The minimum atomic E-state index is 0.667. The predicted molar refractivity (Wildman–Crippen MR) is 87.6 cm³/mol. The topological polar surface area (TPSA) is 12.0 Å². The van der Waals surface area contributed by atoms with Crippen LogP contribution in [0.5, 0.6) is 0 Å². The molecule has 0 amide bonds. The quantitative estimate of drug-likeness (QED) is 0.414. The van der Waals surface area contributed by atoms with Gasteiger partial charge in [-0.1, -0.05) is 52.9 Å². The summed E-state index contributed by atoms with van der Waals surface area (Å²) in [6.45, 7) is 8.12. The van der Waals surface area contributed by atoms with Gasteiger partial charge in [-0.3, -0.25) is 0 Å². The molecule has 0 spiro atoms. The Labute approximate surface area is 122 Å². The first kappa shape index (κ1) is 18.9. The standard InChI is InChI=1S/C17H39N2/c1-7-10-11-12-13-14-15-18-16(8-2)17(9-3)19(4,5)6/h16-18H,7-15H2,1-6H3/q+1. The van der Waals surface area contributed by atoms with Gasteiger partial charge in [-0.25, -0.2) is 0 Å². The second kappa shape index (κ2) is 10.7. The lowest BCUT2D eigenvalue weighted by molar-refractivity contribution is -0.897. The van der Waals surface area contributed by atoms with E-state index in [1.54, 1.807) is 0 Å². The Morgan fingerprint density at radius 2 is 1.37 bits per heavy atom. The van der Waals surface area contributed by atoms with Crippen LogP contribution in [0.2, 0.25) is 0 Å². The number of quaternary nitrogens is 1. The summed E-state index contributed by atoms with van der Waals surface area (Å²) in [6.07, 6.45) is 10.8. The van der Waals surface area contributed by atoms with Crippen LogP contribution in [-0.2, 0) is 0 Å². The Morgan fingerprint density at radius 1 is 0.789 bits per heavy atom. The molecular formula is C17H39N2+. The molecule has 0 heterocycles. The molecule has 0 aromatic rings. The number of unbranched alkanes of at least 4 members (excludes halogenated alkanes) is 5. The van der Waals surface area contributed by atoms with Crippen LogP contribution in [0.1, 0.15) is 72.1 Å². The highest BCUT2D eigenvalue weighted by Crippen LogP contribution is 2.15. The highest BCUT2D eigenvalue weighted by molar-refractivity contribution is 4.74. The van der Waals surface area contributed by atoms with Crippen molar-refractivity contribution < 1.29 is 4.48 Å². The summed E-state index contributed by atoms with van der Waals surface area (Å²) in [5.41, 5.74) is 0. The van der Waals surface area contributed by atoms with Crippen molar-refractivity contribution in [1.29, 1.82) is 0 Å². The van der Waals surface area contributed by atoms with E-state index in [0.29, 0.717) is 6.04 Å². The lowest BCUT2D eigenvalue weighted by Gasteiger charge is -2.39. The van der Waals surface area contributed by atoms with Crippen molar-refractivity contribution in [2.24, 2.45) is 0 Å². The molecule has 0 bridgehead atoms. The Morgan fingerprint density at radius 3 is 1.84 bits per heavy atom. The van der Waals surface area contributed by atoms with Gasteiger partial charge in [0.25, 0.3) is 0 Å². The SMILES string of the molecule is CCCCCCCCNC(CC)C(CC)[N+](C)(C)C. The van der Waals surface area contributed by atoms with Crippen molar-refractivity contribution >= 4 is 0 Å². The van der Waals surface area contributed by atoms with E-state index in [4.69, 9.17) is 0 Å². The van der Waals surface area contributed by atoms with E-state index < -0.39 is 0 Å². The van der Waals surface area contributed by atoms with Crippen LogP contribution in [-0.4, -0.2) is 44.3 Å². The van der Waals surface area contributed by atoms with Crippen LogP contribution >= 0.6 is 0 Å². The summed E-state index contributed by atoms with van der Waals surface area (Å²) < 4.78 is 1.07. The Kier molecular flexibility index (Phi) is 10.6. The summed E-state index contributed by atoms with van der Waals surface area (Å²) in [4.78, 5) is 0. The third kappa shape index (κ3) is 8.65. The average molecular weight is 272 g/mol. The molecule has 0 aliphatic heterocycles. The maximum absolute atomic E-state index is 3.80. The maximum Gasteiger partial charge on any atom is 0.104 e. The molecule has 1 N–H and O–H groups in total. The summed E-state index contributed by atoms with van der Waals surface area (Å²) >= 11 is 0. The van der Waals surface area contributed by atoms with E-state index >= 15 is 0 Å². The molecule has 0 radical (unpaired) electrons. The molecule has 0 saturated carbocycles. The molecule has 2 atom stereocenters. The van der Waals surface area contributed by atoms with Gasteiger partial charge in [0.1, 0.15) is 6.04 Å². The molecule has 116 valence electrons. The van der Waals surface area contributed by atoms with Gasteiger partial charge >= 0.3 is 0 Å². The van der Waals surface area contributed by atoms with Crippen molar-refractivity contribution in [1.82, 2.24) is 5.32 Å². The zero-order valence-corrected chi connectivity index (χ0v) is 14.5. The third-order valence-electron chi connectivity index (χ3n) is 4.25. The minimum Gasteiger partial charge on any atom is -0.327 e. The Bertz CT molecular complexity index is 196. The molecule has 0 aliphatic rings. The van der Waals surface area contributed by atoms with E-state index in [-0.39, 0.29) is 0 Å². The van der Waals surface area contributed by atoms with Crippen LogP contribution in [0.25, 0.3) is 0 Å². The molecule has 2 nitrogen and oxygen atoms in total. The number of rotatable bonds is 12. The van der Waals surface area contributed by atoms with Crippen LogP contribution in [0.15, 0.2) is 0 Å². The van der Waals surface area contributed by atoms with Crippen molar-refractivity contribution in [2.75, 3.05) is 27.7 Å². The van der Waals surface area contributed by atoms with Crippen LogP contribution in [0.3, 0.4) is 0 Å². The van der Waals surface area contributed by atoms with E-state index in [2.05, 4.69) is 47.2 Å². The summed E-state index contributed by atoms with van der Waals surface area (Å²) in [7, 11) is 6.97. The number of nitrogens with zero attached hydrogens (tertiary/aromatic N) is 1. The predicted octanol–water partition coefficient (Wildman–Crippen LogP) is 4.20. The Balaban J connectivity index is 3.87. The van der Waals surface area contributed by atoms with Crippen molar-refractivity contribution in [3.8, 4) is 0 Å². The molecule has 0 fully saturated rings. The Hall–Kier alpha value is -0.0800. The number of nitrogens with one attached hydrogen (secondary N) is 1. The van der Waals surface area contributed by atoms with E-state index in [9.17, 15) is 0 Å². The van der Waals surface area contributed by atoms with Gasteiger partial charge in [0.05, 0.1) is 27.2 Å². The molecule has 19 heavy (non-hydrogen) atoms. The molecule has 0 aromatic heterocycles. The van der Waals surface area contributed by atoms with Gasteiger partial charge in [0, 0.05) is 0 Å². The van der Waals surface area contributed by atoms with E-state index in [1.165, 1.54) is 57.9 Å². The van der Waals surface area contributed by atoms with Crippen molar-refractivity contribution in [3.05, 3.63) is 0 Å². The summed E-state index contributed by atoms with van der Waals surface area (Å²) in [5, 5.41) is 3.80. The summed E-state index contributed by atoms with van der Waals surface area (Å²) in [5.74, 6) is 0. The molecule has 0 aliphatic carbocycles. The van der Waals surface area contributed by atoms with Crippen molar-refractivity contribution in [3.63, 3.8) is 0 Å².